The Morgan fingerprint density at radius 2 is 1.94 bits per heavy atom. The Hall–Kier alpha value is -4.17. The molecular weight excluding hydrogens is 448 g/mol. The smallest absolute Gasteiger partial charge is 0.262 e. The van der Waals surface area contributed by atoms with E-state index in [1.807, 2.05) is 70.7 Å². The average Bonchev–Trinajstić information content (AvgIpc) is 3.29. The summed E-state index contributed by atoms with van der Waals surface area (Å²) < 4.78 is 12.6. The standard InChI is InChI=1S/C26H22N4O3S/c1-32-21-10-7-19(8-11-21)15-28-30-23(17-34-26(30)27-14-18-5-3-2-4-6-18)20-9-12-24-22(13-20)29-25(31)16-33-24/h2-13,15,17H,14,16H2,1H3,(H,29,31). The predicted octanol–water partition coefficient (Wildman–Crippen LogP) is 4.54. The summed E-state index contributed by atoms with van der Waals surface area (Å²) in [5.74, 6) is 1.28. The summed E-state index contributed by atoms with van der Waals surface area (Å²) in [7, 11) is 1.64. The maximum absolute atomic E-state index is 11.8. The van der Waals surface area contributed by atoms with Crippen LogP contribution in [0.4, 0.5) is 5.69 Å². The second kappa shape index (κ2) is 9.76. The minimum Gasteiger partial charge on any atom is -0.497 e. The zero-order chi connectivity index (χ0) is 23.3. The molecular formula is C26H22N4O3S. The number of nitrogens with zero attached hydrogens (tertiary/aromatic N) is 3. The fourth-order valence-electron chi connectivity index (χ4n) is 3.52. The number of hydrogen-bond donors (Lipinski definition) is 1. The van der Waals surface area contributed by atoms with E-state index in [1.54, 1.807) is 13.3 Å². The highest BCUT2D eigenvalue weighted by atomic mass is 32.1. The van der Waals surface area contributed by atoms with Crippen LogP contribution in [0.3, 0.4) is 0 Å². The molecule has 0 bridgehead atoms. The molecule has 1 aromatic heterocycles. The van der Waals surface area contributed by atoms with E-state index >= 15 is 0 Å². The number of aromatic nitrogens is 1. The van der Waals surface area contributed by atoms with E-state index in [0.29, 0.717) is 18.0 Å². The van der Waals surface area contributed by atoms with Crippen molar-refractivity contribution in [3.63, 3.8) is 0 Å². The molecule has 0 aliphatic carbocycles. The molecule has 4 aromatic rings. The number of fused-ring (bicyclic) bond motifs is 1. The molecule has 1 aliphatic rings. The summed E-state index contributed by atoms with van der Waals surface area (Å²) in [4.78, 5) is 17.4. The lowest BCUT2D eigenvalue weighted by Gasteiger charge is -2.18. The molecule has 0 spiro atoms. The molecule has 170 valence electrons. The first kappa shape index (κ1) is 21.7. The van der Waals surface area contributed by atoms with E-state index in [2.05, 4.69) is 17.4 Å². The van der Waals surface area contributed by atoms with Gasteiger partial charge in [0, 0.05) is 10.9 Å². The van der Waals surface area contributed by atoms with Crippen molar-refractivity contribution in [3.8, 4) is 22.8 Å². The number of benzene rings is 3. The molecule has 1 amide bonds. The first-order chi connectivity index (χ1) is 16.7. The van der Waals surface area contributed by atoms with Gasteiger partial charge in [0.1, 0.15) is 11.5 Å². The van der Waals surface area contributed by atoms with Crippen molar-refractivity contribution >= 4 is 29.1 Å². The molecule has 0 unspecified atom stereocenters. The van der Waals surface area contributed by atoms with Crippen LogP contribution >= 0.6 is 11.3 Å². The van der Waals surface area contributed by atoms with Gasteiger partial charge in [-0.15, -0.1) is 11.3 Å². The first-order valence-corrected chi connectivity index (χ1v) is 11.6. The van der Waals surface area contributed by atoms with Crippen LogP contribution in [-0.2, 0) is 11.3 Å². The highest BCUT2D eigenvalue weighted by Crippen LogP contribution is 2.32. The summed E-state index contributed by atoms with van der Waals surface area (Å²) >= 11 is 1.51. The highest BCUT2D eigenvalue weighted by Gasteiger charge is 2.17. The van der Waals surface area contributed by atoms with E-state index in [4.69, 9.17) is 19.6 Å². The summed E-state index contributed by atoms with van der Waals surface area (Å²) in [6, 6.07) is 23.5. The molecule has 7 nitrogen and oxygen atoms in total. The number of carbonyl (C=O) groups is 1. The Labute approximate surface area is 200 Å². The van der Waals surface area contributed by atoms with Crippen LogP contribution in [0.5, 0.6) is 11.5 Å². The molecule has 3 aromatic carbocycles. The van der Waals surface area contributed by atoms with Crippen molar-refractivity contribution in [2.24, 2.45) is 10.1 Å². The SMILES string of the molecule is COc1ccc(C=Nn2c(-c3ccc4c(c3)NC(=O)CO4)csc2=NCc2ccccc2)cc1. The molecule has 1 N–H and O–H groups in total. The molecule has 0 fully saturated rings. The predicted molar refractivity (Wildman–Crippen MR) is 134 cm³/mol. The van der Waals surface area contributed by atoms with Crippen molar-refractivity contribution in [2.45, 2.75) is 6.54 Å². The molecule has 0 saturated heterocycles. The molecule has 0 saturated carbocycles. The van der Waals surface area contributed by atoms with Gasteiger partial charge >= 0.3 is 0 Å². The number of rotatable bonds is 6. The topological polar surface area (TPSA) is 77.2 Å². The van der Waals surface area contributed by atoms with Gasteiger partial charge in [0.2, 0.25) is 4.80 Å². The summed E-state index contributed by atoms with van der Waals surface area (Å²) in [6.07, 6.45) is 1.79. The fraction of sp³-hybridized carbons (Fsp3) is 0.115. The van der Waals surface area contributed by atoms with Crippen LogP contribution in [0.2, 0.25) is 0 Å². The van der Waals surface area contributed by atoms with Crippen molar-refractivity contribution in [1.29, 1.82) is 0 Å². The van der Waals surface area contributed by atoms with Gasteiger partial charge in [-0.2, -0.15) is 5.10 Å². The monoisotopic (exact) mass is 470 g/mol. The molecule has 0 atom stereocenters. The zero-order valence-electron chi connectivity index (χ0n) is 18.5. The first-order valence-electron chi connectivity index (χ1n) is 10.7. The van der Waals surface area contributed by atoms with Crippen molar-refractivity contribution in [1.82, 2.24) is 4.68 Å². The van der Waals surface area contributed by atoms with Gasteiger partial charge in [0.25, 0.3) is 5.91 Å². The van der Waals surface area contributed by atoms with Crippen molar-refractivity contribution in [2.75, 3.05) is 19.0 Å². The van der Waals surface area contributed by atoms with Crippen LogP contribution in [0.25, 0.3) is 11.3 Å². The van der Waals surface area contributed by atoms with Crippen LogP contribution in [-0.4, -0.2) is 30.5 Å². The molecule has 8 heteroatoms. The lowest BCUT2D eigenvalue weighted by Crippen LogP contribution is -2.25. The van der Waals surface area contributed by atoms with Gasteiger partial charge in [0.15, 0.2) is 6.61 Å². The number of hydrogen-bond acceptors (Lipinski definition) is 6. The lowest BCUT2D eigenvalue weighted by atomic mass is 10.1. The molecule has 34 heavy (non-hydrogen) atoms. The quantitative estimate of drug-likeness (QED) is 0.421. The molecule has 1 aliphatic heterocycles. The minimum absolute atomic E-state index is 0.0272. The van der Waals surface area contributed by atoms with Gasteiger partial charge in [-0.1, -0.05) is 30.3 Å². The van der Waals surface area contributed by atoms with Crippen LogP contribution in [0, 0.1) is 0 Å². The number of anilines is 1. The van der Waals surface area contributed by atoms with Gasteiger partial charge in [0.05, 0.1) is 31.3 Å². The maximum Gasteiger partial charge on any atom is 0.262 e. The van der Waals surface area contributed by atoms with Crippen LogP contribution in [0.15, 0.2) is 88.3 Å². The number of nitrogens with one attached hydrogen (secondary N) is 1. The van der Waals surface area contributed by atoms with Crippen LogP contribution in [0.1, 0.15) is 11.1 Å². The Kier molecular flexibility index (Phi) is 6.22. The summed E-state index contributed by atoms with van der Waals surface area (Å²) in [6.45, 7) is 0.576. The number of amides is 1. The third kappa shape index (κ3) is 4.77. The normalized spacial score (nSPS) is 13.4. The van der Waals surface area contributed by atoms with Crippen molar-refractivity contribution < 1.29 is 14.3 Å². The van der Waals surface area contributed by atoms with E-state index < -0.39 is 0 Å². The van der Waals surface area contributed by atoms with Crippen molar-refractivity contribution in [3.05, 3.63) is 94.1 Å². The maximum atomic E-state index is 11.8. The number of thiazole rings is 1. The van der Waals surface area contributed by atoms with Gasteiger partial charge in [-0.05, 0) is 53.6 Å². The third-order valence-electron chi connectivity index (χ3n) is 5.27. The van der Waals surface area contributed by atoms with Gasteiger partial charge in [-0.3, -0.25) is 9.79 Å². The van der Waals surface area contributed by atoms with Gasteiger partial charge in [-0.25, -0.2) is 4.68 Å². The number of carbonyl (C=O) groups excluding carboxylic acids is 1. The molecule has 2 heterocycles. The Bertz CT molecular complexity index is 1410. The van der Waals surface area contributed by atoms with E-state index in [-0.39, 0.29) is 12.5 Å². The highest BCUT2D eigenvalue weighted by molar-refractivity contribution is 7.07. The van der Waals surface area contributed by atoms with E-state index in [0.717, 1.165) is 32.9 Å². The Morgan fingerprint density at radius 3 is 2.74 bits per heavy atom. The number of ether oxygens (including phenoxy) is 2. The lowest BCUT2D eigenvalue weighted by molar-refractivity contribution is -0.118. The fourth-order valence-corrected chi connectivity index (χ4v) is 4.35. The number of methoxy groups -OCH3 is 1. The molecule has 5 rings (SSSR count). The largest absolute Gasteiger partial charge is 0.497 e. The third-order valence-corrected chi connectivity index (χ3v) is 6.13. The van der Waals surface area contributed by atoms with E-state index in [9.17, 15) is 4.79 Å². The van der Waals surface area contributed by atoms with Crippen LogP contribution < -0.4 is 19.6 Å². The van der Waals surface area contributed by atoms with Gasteiger partial charge < -0.3 is 14.8 Å². The van der Waals surface area contributed by atoms with E-state index in [1.165, 1.54) is 11.3 Å². The Morgan fingerprint density at radius 1 is 1.12 bits per heavy atom. The minimum atomic E-state index is -0.168. The zero-order valence-corrected chi connectivity index (χ0v) is 19.3. The second-order valence-corrected chi connectivity index (χ2v) is 8.42. The average molecular weight is 471 g/mol. The second-order valence-electron chi connectivity index (χ2n) is 7.58. The Balaban J connectivity index is 1.54. The molecule has 0 radical (unpaired) electrons. The summed E-state index contributed by atoms with van der Waals surface area (Å²) in [5, 5.41) is 9.64. The summed E-state index contributed by atoms with van der Waals surface area (Å²) in [5.41, 5.74) is 4.47.